The van der Waals surface area contributed by atoms with Crippen LogP contribution in [0.25, 0.3) is 10.8 Å². The third kappa shape index (κ3) is 9.68. The predicted octanol–water partition coefficient (Wildman–Crippen LogP) is 6.90. The lowest BCUT2D eigenvalue weighted by molar-refractivity contribution is -0.137. The van der Waals surface area contributed by atoms with Crippen LogP contribution < -0.4 is 18.9 Å². The van der Waals surface area contributed by atoms with Crippen molar-refractivity contribution in [3.05, 3.63) is 102 Å². The number of phenolic OH excluding ortho intramolecular Hbond substituents is 1. The molecule has 10 nitrogen and oxygen atoms in total. The standard InChI is InChI=1S/C36H36N2O8/c1-4-34(39)45-18-8-6-5-7-17-44-30-14-11-27(12-15-30)36(41)46-31-16-13-28-19-25(9-10-29(28)22-31)23-37-38-24-26-20-32(42-2)35(40)33(21-26)43-3/h4,9-16,19-24,40H,1,5-8,17-18H2,2-3H3/b37-23+,38-24+. The number of phenols is 1. The van der Waals surface area contributed by atoms with Crippen LogP contribution in [0, 0.1) is 0 Å². The largest absolute Gasteiger partial charge is 0.502 e. The zero-order chi connectivity index (χ0) is 32.7. The molecule has 0 radical (unpaired) electrons. The van der Waals surface area contributed by atoms with Crippen molar-refractivity contribution in [3.8, 4) is 28.7 Å². The molecule has 0 aliphatic heterocycles. The van der Waals surface area contributed by atoms with Crippen molar-refractivity contribution in [3.63, 3.8) is 0 Å². The number of esters is 2. The molecule has 0 aromatic heterocycles. The van der Waals surface area contributed by atoms with E-state index >= 15 is 0 Å². The minimum absolute atomic E-state index is 0.0813. The fourth-order valence-electron chi connectivity index (χ4n) is 4.41. The Bertz CT molecular complexity index is 1690. The zero-order valence-electron chi connectivity index (χ0n) is 25.8. The van der Waals surface area contributed by atoms with E-state index in [1.54, 1.807) is 54.7 Å². The minimum atomic E-state index is -0.464. The molecular formula is C36H36N2O8. The lowest BCUT2D eigenvalue weighted by Crippen LogP contribution is -2.08. The molecule has 0 spiro atoms. The van der Waals surface area contributed by atoms with Gasteiger partial charge in [0, 0.05) is 11.6 Å². The van der Waals surface area contributed by atoms with Gasteiger partial charge in [0.2, 0.25) is 5.75 Å². The number of ether oxygens (including phenoxy) is 5. The van der Waals surface area contributed by atoms with Crippen LogP contribution in [0.1, 0.15) is 47.2 Å². The van der Waals surface area contributed by atoms with E-state index in [0.29, 0.717) is 35.8 Å². The van der Waals surface area contributed by atoms with Gasteiger partial charge in [0.1, 0.15) is 11.5 Å². The summed E-state index contributed by atoms with van der Waals surface area (Å²) in [5.74, 6) is 0.710. The number of fused-ring (bicyclic) bond motifs is 1. The van der Waals surface area contributed by atoms with Gasteiger partial charge in [-0.3, -0.25) is 0 Å². The number of unbranched alkanes of at least 4 members (excludes halogenated alkanes) is 3. The monoisotopic (exact) mass is 624 g/mol. The summed E-state index contributed by atoms with van der Waals surface area (Å²) in [4.78, 5) is 23.8. The molecular weight excluding hydrogens is 588 g/mol. The second-order valence-corrected chi connectivity index (χ2v) is 10.1. The van der Waals surface area contributed by atoms with Gasteiger partial charge in [-0.1, -0.05) is 24.8 Å². The van der Waals surface area contributed by atoms with Crippen LogP contribution >= 0.6 is 0 Å². The number of hydrogen-bond donors (Lipinski definition) is 1. The first-order valence-electron chi connectivity index (χ1n) is 14.7. The van der Waals surface area contributed by atoms with Crippen LogP contribution in [0.15, 0.2) is 95.7 Å². The van der Waals surface area contributed by atoms with Gasteiger partial charge in [0.05, 0.1) is 45.4 Å². The minimum Gasteiger partial charge on any atom is -0.502 e. The van der Waals surface area contributed by atoms with Gasteiger partial charge in [-0.25, -0.2) is 9.59 Å². The van der Waals surface area contributed by atoms with E-state index in [9.17, 15) is 14.7 Å². The molecule has 0 aliphatic carbocycles. The molecule has 0 amide bonds. The van der Waals surface area contributed by atoms with Crippen molar-refractivity contribution < 1.29 is 38.4 Å². The van der Waals surface area contributed by atoms with Gasteiger partial charge >= 0.3 is 11.9 Å². The molecule has 0 unspecified atom stereocenters. The van der Waals surface area contributed by atoms with Gasteiger partial charge < -0.3 is 28.8 Å². The maximum Gasteiger partial charge on any atom is 0.343 e. The summed E-state index contributed by atoms with van der Waals surface area (Å²) in [7, 11) is 2.91. The molecule has 1 N–H and O–H groups in total. The average Bonchev–Trinajstić information content (AvgIpc) is 3.08. The number of nitrogens with zero attached hydrogens (tertiary/aromatic N) is 2. The zero-order valence-corrected chi connectivity index (χ0v) is 25.8. The molecule has 4 rings (SSSR count). The highest BCUT2D eigenvalue weighted by Gasteiger charge is 2.11. The molecule has 10 heteroatoms. The number of benzene rings is 4. The maximum atomic E-state index is 12.7. The summed E-state index contributed by atoms with van der Waals surface area (Å²) >= 11 is 0. The molecule has 46 heavy (non-hydrogen) atoms. The maximum absolute atomic E-state index is 12.7. The van der Waals surface area contributed by atoms with Crippen molar-refractivity contribution in [2.24, 2.45) is 10.2 Å². The van der Waals surface area contributed by atoms with Crippen LogP contribution in [-0.2, 0) is 9.53 Å². The molecule has 0 saturated carbocycles. The number of carbonyl (C=O) groups is 2. The topological polar surface area (TPSA) is 125 Å². The van der Waals surface area contributed by atoms with Crippen molar-refractivity contribution in [2.45, 2.75) is 25.7 Å². The van der Waals surface area contributed by atoms with Gasteiger partial charge in [0.25, 0.3) is 0 Å². The van der Waals surface area contributed by atoms with E-state index in [-0.39, 0.29) is 17.2 Å². The van der Waals surface area contributed by atoms with Crippen molar-refractivity contribution in [1.82, 2.24) is 0 Å². The highest BCUT2D eigenvalue weighted by atomic mass is 16.5. The number of hydrogen-bond acceptors (Lipinski definition) is 10. The summed E-state index contributed by atoms with van der Waals surface area (Å²) in [5.41, 5.74) is 1.90. The highest BCUT2D eigenvalue weighted by molar-refractivity contribution is 5.94. The van der Waals surface area contributed by atoms with Crippen molar-refractivity contribution >= 4 is 35.1 Å². The van der Waals surface area contributed by atoms with E-state index in [0.717, 1.165) is 48.1 Å². The van der Waals surface area contributed by atoms with E-state index < -0.39 is 11.9 Å². The fourth-order valence-corrected chi connectivity index (χ4v) is 4.41. The number of aromatic hydroxyl groups is 1. The summed E-state index contributed by atoms with van der Waals surface area (Å²) in [6, 6.07) is 21.3. The first-order chi connectivity index (χ1) is 22.4. The second-order valence-electron chi connectivity index (χ2n) is 10.1. The molecule has 0 saturated heterocycles. The predicted molar refractivity (Wildman–Crippen MR) is 177 cm³/mol. The van der Waals surface area contributed by atoms with Gasteiger partial charge in [-0.15, -0.1) is 0 Å². The van der Waals surface area contributed by atoms with Crippen LogP contribution in [0.2, 0.25) is 0 Å². The fraction of sp³-hybridized carbons (Fsp3) is 0.222. The Morgan fingerprint density at radius 3 is 2.02 bits per heavy atom. The summed E-state index contributed by atoms with van der Waals surface area (Å²) in [6.45, 7) is 4.32. The Kier molecular flexibility index (Phi) is 12.3. The molecule has 0 bridgehead atoms. The number of carbonyl (C=O) groups excluding carboxylic acids is 2. The van der Waals surface area contributed by atoms with Crippen LogP contribution in [0.5, 0.6) is 28.7 Å². The van der Waals surface area contributed by atoms with Crippen LogP contribution in [-0.4, -0.2) is 56.9 Å². The van der Waals surface area contributed by atoms with Crippen molar-refractivity contribution in [1.29, 1.82) is 0 Å². The van der Waals surface area contributed by atoms with Crippen LogP contribution in [0.4, 0.5) is 0 Å². The Hall–Kier alpha value is -5.64. The molecule has 0 heterocycles. The Balaban J connectivity index is 1.25. The first kappa shape index (κ1) is 33.3. The quantitative estimate of drug-likeness (QED) is 0.0356. The van der Waals surface area contributed by atoms with E-state index in [1.165, 1.54) is 20.4 Å². The number of methoxy groups -OCH3 is 2. The summed E-state index contributed by atoms with van der Waals surface area (Å²) in [6.07, 6.45) is 7.88. The Labute approximate surface area is 267 Å². The van der Waals surface area contributed by atoms with Crippen LogP contribution in [0.3, 0.4) is 0 Å². The Morgan fingerprint density at radius 1 is 0.739 bits per heavy atom. The first-order valence-corrected chi connectivity index (χ1v) is 14.7. The van der Waals surface area contributed by atoms with Gasteiger partial charge in [-0.2, -0.15) is 10.2 Å². The van der Waals surface area contributed by atoms with Gasteiger partial charge in [0.15, 0.2) is 11.5 Å². The average molecular weight is 625 g/mol. The number of rotatable bonds is 16. The smallest absolute Gasteiger partial charge is 0.343 e. The van der Waals surface area contributed by atoms with E-state index in [1.807, 2.05) is 24.3 Å². The van der Waals surface area contributed by atoms with Gasteiger partial charge in [-0.05, 0) is 96.6 Å². The summed E-state index contributed by atoms with van der Waals surface area (Å²) < 4.78 is 26.7. The molecule has 0 fully saturated rings. The van der Waals surface area contributed by atoms with E-state index in [2.05, 4.69) is 16.8 Å². The SMILES string of the molecule is C=CC(=O)OCCCCCCOc1ccc(C(=O)Oc2ccc3cc(/C=N/N=C/c4cc(OC)c(O)c(OC)c4)ccc3c2)cc1. The van der Waals surface area contributed by atoms with Crippen molar-refractivity contribution in [2.75, 3.05) is 27.4 Å². The highest BCUT2D eigenvalue weighted by Crippen LogP contribution is 2.36. The second kappa shape index (κ2) is 17.0. The third-order valence-electron chi connectivity index (χ3n) is 6.84. The summed E-state index contributed by atoms with van der Waals surface area (Å²) in [5, 5.41) is 20.1. The lowest BCUT2D eigenvalue weighted by Gasteiger charge is -2.09. The molecule has 238 valence electrons. The third-order valence-corrected chi connectivity index (χ3v) is 6.84. The Morgan fingerprint density at radius 2 is 1.35 bits per heavy atom. The van der Waals surface area contributed by atoms with E-state index in [4.69, 9.17) is 23.7 Å². The molecule has 4 aromatic carbocycles. The molecule has 0 atom stereocenters. The molecule has 4 aromatic rings. The lowest BCUT2D eigenvalue weighted by atomic mass is 10.1. The molecule has 0 aliphatic rings. The normalized spacial score (nSPS) is 11.1.